The second kappa shape index (κ2) is 7.79. The predicted octanol–water partition coefficient (Wildman–Crippen LogP) is 5.31. The quantitative estimate of drug-likeness (QED) is 0.380. The number of pyridine rings is 1. The fraction of sp³-hybridized carbons (Fsp3) is 0.320. The van der Waals surface area contributed by atoms with Gasteiger partial charge >= 0.3 is 0 Å². The van der Waals surface area contributed by atoms with Crippen LogP contribution in [0.2, 0.25) is 0 Å². The van der Waals surface area contributed by atoms with Crippen molar-refractivity contribution in [2.45, 2.75) is 32.6 Å². The van der Waals surface area contributed by atoms with Gasteiger partial charge in [0.05, 0.1) is 11.2 Å². The van der Waals surface area contributed by atoms with Crippen molar-refractivity contribution in [1.29, 1.82) is 5.26 Å². The van der Waals surface area contributed by atoms with Crippen LogP contribution in [0, 0.1) is 25.2 Å². The molecule has 32 heavy (non-hydrogen) atoms. The Hall–Kier alpha value is -3.11. The molecule has 0 spiro atoms. The molecule has 6 nitrogen and oxygen atoms in total. The van der Waals surface area contributed by atoms with Crippen LogP contribution in [0.5, 0.6) is 0 Å². The molecule has 1 aliphatic rings. The van der Waals surface area contributed by atoms with Crippen molar-refractivity contribution < 1.29 is 4.42 Å². The molecule has 0 amide bonds. The summed E-state index contributed by atoms with van der Waals surface area (Å²) in [5.41, 5.74) is 5.45. The Balaban J connectivity index is 1.52. The minimum Gasteiger partial charge on any atom is -0.440 e. The molecule has 2 aromatic heterocycles. The van der Waals surface area contributed by atoms with Crippen molar-refractivity contribution in [2.24, 2.45) is 7.05 Å². The Kier molecular flexibility index (Phi) is 5.06. The number of hydrogen-bond acceptors (Lipinski definition) is 5. The van der Waals surface area contributed by atoms with Crippen LogP contribution < -0.4 is 10.5 Å². The lowest BCUT2D eigenvalue weighted by molar-refractivity contribution is 0.407. The van der Waals surface area contributed by atoms with E-state index in [9.17, 15) is 10.1 Å². The molecule has 0 bridgehead atoms. The van der Waals surface area contributed by atoms with E-state index >= 15 is 0 Å². The van der Waals surface area contributed by atoms with E-state index in [1.54, 1.807) is 11.6 Å². The first-order chi connectivity index (χ1) is 15.4. The van der Waals surface area contributed by atoms with E-state index in [-0.39, 0.29) is 17.0 Å². The average molecular weight is 491 g/mol. The third-order valence-electron chi connectivity index (χ3n) is 6.48. The minimum atomic E-state index is -0.262. The monoisotopic (exact) mass is 490 g/mol. The van der Waals surface area contributed by atoms with Crippen molar-refractivity contribution in [3.05, 3.63) is 67.7 Å². The summed E-state index contributed by atoms with van der Waals surface area (Å²) in [5, 5.41) is 10.8. The Labute approximate surface area is 194 Å². The molecule has 1 saturated heterocycles. The molecule has 162 valence electrons. The van der Waals surface area contributed by atoms with E-state index in [2.05, 4.69) is 33.0 Å². The number of aromatic nitrogens is 2. The zero-order chi connectivity index (χ0) is 22.6. The highest BCUT2D eigenvalue weighted by Gasteiger charge is 2.28. The van der Waals surface area contributed by atoms with Gasteiger partial charge in [-0.05, 0) is 62.1 Å². The first kappa shape index (κ1) is 20.8. The van der Waals surface area contributed by atoms with Crippen LogP contribution in [-0.4, -0.2) is 22.6 Å². The fourth-order valence-electron chi connectivity index (χ4n) is 4.66. The molecule has 7 heteroatoms. The lowest BCUT2D eigenvalue weighted by atomic mass is 9.95. The molecular formula is C25H23BrN4O2. The Bertz CT molecular complexity index is 1470. The highest BCUT2D eigenvalue weighted by atomic mass is 79.9. The van der Waals surface area contributed by atoms with Crippen LogP contribution in [0.15, 0.2) is 44.0 Å². The second-order valence-electron chi connectivity index (χ2n) is 8.60. The van der Waals surface area contributed by atoms with Gasteiger partial charge in [0.25, 0.3) is 5.56 Å². The van der Waals surface area contributed by atoms with Gasteiger partial charge in [0.15, 0.2) is 11.5 Å². The van der Waals surface area contributed by atoms with Crippen LogP contribution in [0.1, 0.15) is 41.3 Å². The van der Waals surface area contributed by atoms with Crippen molar-refractivity contribution in [1.82, 2.24) is 9.55 Å². The first-order valence-electron chi connectivity index (χ1n) is 10.7. The smallest absolute Gasteiger partial charge is 0.270 e. The van der Waals surface area contributed by atoms with E-state index in [4.69, 9.17) is 9.40 Å². The molecule has 4 aromatic rings. The lowest BCUT2D eigenvalue weighted by Gasteiger charge is -2.34. The lowest BCUT2D eigenvalue weighted by Crippen LogP contribution is -2.35. The highest BCUT2D eigenvalue weighted by molar-refractivity contribution is 9.10. The van der Waals surface area contributed by atoms with Crippen LogP contribution in [0.25, 0.3) is 22.0 Å². The molecule has 1 aliphatic heterocycles. The van der Waals surface area contributed by atoms with Crippen LogP contribution >= 0.6 is 15.9 Å². The van der Waals surface area contributed by atoms with Gasteiger partial charge in [0, 0.05) is 35.9 Å². The number of halogens is 1. The molecule has 1 fully saturated rings. The number of hydrogen-bond donors (Lipinski definition) is 0. The molecule has 0 saturated carbocycles. The van der Waals surface area contributed by atoms with Crippen molar-refractivity contribution in [3.8, 4) is 6.07 Å². The van der Waals surface area contributed by atoms with Crippen LogP contribution in [-0.2, 0) is 7.05 Å². The summed E-state index contributed by atoms with van der Waals surface area (Å²) in [7, 11) is 1.72. The Morgan fingerprint density at radius 2 is 1.94 bits per heavy atom. The van der Waals surface area contributed by atoms with Gasteiger partial charge in [0.2, 0.25) is 0 Å². The summed E-state index contributed by atoms with van der Waals surface area (Å²) in [4.78, 5) is 19.9. The average Bonchev–Trinajstić information content (AvgIpc) is 3.21. The number of anilines is 1. The second-order valence-corrected chi connectivity index (χ2v) is 9.46. The van der Waals surface area contributed by atoms with Gasteiger partial charge in [0.1, 0.15) is 17.1 Å². The third-order valence-corrected chi connectivity index (χ3v) is 7.33. The highest BCUT2D eigenvalue weighted by Crippen LogP contribution is 2.37. The summed E-state index contributed by atoms with van der Waals surface area (Å²) in [5.74, 6) is 0.998. The Morgan fingerprint density at radius 1 is 1.19 bits per heavy atom. The number of nitriles is 1. The standard InChI is InChI=1S/C25H23BrN4O2/c1-14-4-5-22-20(10-14)28-24(32-22)16-6-8-30(9-7-16)23-17-11-15(2)19(26)12-21(17)29(3)25(31)18(23)13-27/h4-5,10-12,16H,6-9H2,1-3H3. The van der Waals surface area contributed by atoms with E-state index in [1.807, 2.05) is 38.1 Å². The van der Waals surface area contributed by atoms with E-state index in [0.29, 0.717) is 0 Å². The molecule has 0 atom stereocenters. The summed E-state index contributed by atoms with van der Waals surface area (Å²) in [6.07, 6.45) is 1.70. The zero-order valence-electron chi connectivity index (χ0n) is 18.3. The maximum Gasteiger partial charge on any atom is 0.270 e. The summed E-state index contributed by atoms with van der Waals surface area (Å²) >= 11 is 3.57. The van der Waals surface area contributed by atoms with Crippen molar-refractivity contribution in [2.75, 3.05) is 18.0 Å². The zero-order valence-corrected chi connectivity index (χ0v) is 19.9. The normalized spacial score (nSPS) is 14.9. The molecule has 3 heterocycles. The number of fused-ring (bicyclic) bond motifs is 2. The molecule has 2 aromatic carbocycles. The van der Waals surface area contributed by atoms with Gasteiger partial charge in [-0.15, -0.1) is 0 Å². The van der Waals surface area contributed by atoms with Gasteiger partial charge in [-0.25, -0.2) is 4.98 Å². The SMILES string of the molecule is Cc1ccc2oc(C3CCN(c4c(C#N)c(=O)n(C)c5cc(Br)c(C)cc45)CC3)nc2c1. The molecular weight excluding hydrogens is 468 g/mol. The van der Waals surface area contributed by atoms with Gasteiger partial charge < -0.3 is 13.9 Å². The number of nitrogens with zero attached hydrogens (tertiary/aromatic N) is 4. The molecule has 0 N–H and O–H groups in total. The molecule has 0 aliphatic carbocycles. The Morgan fingerprint density at radius 3 is 2.66 bits per heavy atom. The molecule has 0 unspecified atom stereocenters. The predicted molar refractivity (Wildman–Crippen MR) is 129 cm³/mol. The molecule has 0 radical (unpaired) electrons. The molecule has 5 rings (SSSR count). The summed E-state index contributed by atoms with van der Waals surface area (Å²) in [6.45, 7) is 5.53. The number of piperidine rings is 1. The van der Waals surface area contributed by atoms with Gasteiger partial charge in [-0.2, -0.15) is 5.26 Å². The van der Waals surface area contributed by atoms with Crippen LogP contribution in [0.3, 0.4) is 0 Å². The maximum atomic E-state index is 13.0. The van der Waals surface area contributed by atoms with Crippen molar-refractivity contribution in [3.63, 3.8) is 0 Å². The number of aryl methyl sites for hydroxylation is 3. The third kappa shape index (κ3) is 3.30. The van der Waals surface area contributed by atoms with Crippen molar-refractivity contribution >= 4 is 43.6 Å². The topological polar surface area (TPSA) is 75.1 Å². The summed E-state index contributed by atoms with van der Waals surface area (Å²) in [6, 6.07) is 12.2. The van der Waals surface area contributed by atoms with E-state index in [1.165, 1.54) is 0 Å². The fourth-order valence-corrected chi connectivity index (χ4v) is 4.99. The van der Waals surface area contributed by atoms with Crippen LogP contribution in [0.4, 0.5) is 5.69 Å². The number of oxazole rings is 1. The first-order valence-corrected chi connectivity index (χ1v) is 11.5. The largest absolute Gasteiger partial charge is 0.440 e. The van der Waals surface area contributed by atoms with Gasteiger partial charge in [-0.1, -0.05) is 22.0 Å². The van der Waals surface area contributed by atoms with E-state index in [0.717, 1.165) is 75.1 Å². The van der Waals surface area contributed by atoms with E-state index < -0.39 is 0 Å². The van der Waals surface area contributed by atoms with Gasteiger partial charge in [-0.3, -0.25) is 4.79 Å². The maximum absolute atomic E-state index is 13.0. The minimum absolute atomic E-state index is 0.206. The number of rotatable bonds is 2. The summed E-state index contributed by atoms with van der Waals surface area (Å²) < 4.78 is 8.55. The number of benzene rings is 2.